The summed E-state index contributed by atoms with van der Waals surface area (Å²) >= 11 is 12.4. The third-order valence-corrected chi connectivity index (χ3v) is 7.73. The molecule has 10 nitrogen and oxygen atoms in total. The highest BCUT2D eigenvalue weighted by molar-refractivity contribution is 6.32. The van der Waals surface area contributed by atoms with Crippen LogP contribution in [0.1, 0.15) is 42.2 Å². The number of hydrogen-bond acceptors (Lipinski definition) is 9. The van der Waals surface area contributed by atoms with Crippen LogP contribution in [0.25, 0.3) is 0 Å². The maximum Gasteiger partial charge on any atom is 0.257 e. The maximum atomic E-state index is 13.0. The second-order valence-electron chi connectivity index (χ2n) is 9.36. The van der Waals surface area contributed by atoms with Gasteiger partial charge in [0.2, 0.25) is 0 Å². The number of piperidine rings is 1. The fourth-order valence-electron chi connectivity index (χ4n) is 5.36. The molecule has 2 aromatic heterocycles. The first-order valence-electron chi connectivity index (χ1n) is 12.5. The molecule has 0 radical (unpaired) electrons. The average Bonchev–Trinajstić information content (AvgIpc) is 3.43. The van der Waals surface area contributed by atoms with Crippen LogP contribution in [0, 0.1) is 0 Å². The molecule has 0 aromatic carbocycles. The zero-order valence-corrected chi connectivity index (χ0v) is 21.8. The van der Waals surface area contributed by atoms with Gasteiger partial charge < -0.3 is 20.9 Å². The predicted octanol–water partition coefficient (Wildman–Crippen LogP) is 2.32. The molecule has 2 saturated heterocycles. The number of piperazine rings is 1. The van der Waals surface area contributed by atoms with Gasteiger partial charge in [-0.15, -0.1) is 0 Å². The van der Waals surface area contributed by atoms with E-state index in [0.717, 1.165) is 63.6 Å². The minimum Gasteiger partial charge on any atom is -0.383 e. The smallest absolute Gasteiger partial charge is 0.257 e. The lowest BCUT2D eigenvalue weighted by atomic mass is 9.97. The molecule has 2 aromatic rings. The molecule has 3 N–H and O–H groups in total. The minimum absolute atomic E-state index is 0.0811. The number of hydrogen-bond donors (Lipinski definition) is 2. The van der Waals surface area contributed by atoms with Gasteiger partial charge in [0, 0.05) is 51.4 Å². The Morgan fingerprint density at radius 1 is 1.17 bits per heavy atom. The van der Waals surface area contributed by atoms with Crippen LogP contribution in [0.4, 0.5) is 11.6 Å². The van der Waals surface area contributed by atoms with E-state index in [1.807, 2.05) is 4.90 Å². The first kappa shape index (κ1) is 25.0. The number of amides is 1. The van der Waals surface area contributed by atoms with Crippen molar-refractivity contribution in [3.63, 3.8) is 0 Å². The fraction of sp³-hybridized carbons (Fsp3) is 0.542. The number of aromatic nitrogens is 3. The van der Waals surface area contributed by atoms with Crippen LogP contribution in [0.15, 0.2) is 23.3 Å². The molecule has 1 unspecified atom stereocenters. The van der Waals surface area contributed by atoms with Crippen LogP contribution in [0.5, 0.6) is 0 Å². The molecule has 0 spiro atoms. The molecule has 1 atom stereocenters. The summed E-state index contributed by atoms with van der Waals surface area (Å²) in [5.41, 5.74) is 7.04. The number of halogens is 2. The highest BCUT2D eigenvalue weighted by Gasteiger charge is 2.35. The largest absolute Gasteiger partial charge is 0.383 e. The van der Waals surface area contributed by atoms with Crippen LogP contribution in [-0.2, 0) is 0 Å². The van der Waals surface area contributed by atoms with Gasteiger partial charge in [-0.2, -0.15) is 0 Å². The zero-order chi connectivity index (χ0) is 25.2. The van der Waals surface area contributed by atoms with Crippen molar-refractivity contribution in [1.29, 1.82) is 0 Å². The molecule has 0 aliphatic carbocycles. The van der Waals surface area contributed by atoms with Gasteiger partial charge in [-0.3, -0.25) is 14.7 Å². The summed E-state index contributed by atoms with van der Waals surface area (Å²) in [7, 11) is 0. The lowest BCUT2D eigenvalue weighted by molar-refractivity contribution is 0.0491. The molecular weight excluding hydrogens is 501 g/mol. The Kier molecular flexibility index (Phi) is 7.45. The molecule has 5 rings (SSSR count). The number of rotatable bonds is 5. The summed E-state index contributed by atoms with van der Waals surface area (Å²) in [4.78, 5) is 37.3. The molecule has 0 saturated carbocycles. The quantitative estimate of drug-likeness (QED) is 0.564. The van der Waals surface area contributed by atoms with Gasteiger partial charge >= 0.3 is 0 Å². The van der Waals surface area contributed by atoms with Crippen LogP contribution < -0.4 is 16.0 Å². The van der Waals surface area contributed by atoms with E-state index in [0.29, 0.717) is 41.6 Å². The molecule has 2 fully saturated rings. The van der Waals surface area contributed by atoms with E-state index < -0.39 is 0 Å². The SMILES string of the molecule is CCC1CN(c2ncc(C3=NCCN3)nc2Cl)CCN1C1CCN(C(=O)c2ccc(Cl)nc2N)CC1. The monoisotopic (exact) mass is 531 g/mol. The number of carbonyl (C=O) groups excluding carboxylic acids is 1. The zero-order valence-electron chi connectivity index (χ0n) is 20.3. The highest BCUT2D eigenvalue weighted by Crippen LogP contribution is 2.29. The number of likely N-dealkylation sites (tertiary alicyclic amines) is 1. The number of amidine groups is 1. The van der Waals surface area contributed by atoms with E-state index in [-0.39, 0.29) is 16.9 Å². The Bertz CT molecular complexity index is 1150. The number of aliphatic imine (C=N–C) groups is 1. The molecule has 5 heterocycles. The molecule has 3 aliphatic heterocycles. The average molecular weight is 532 g/mol. The Balaban J connectivity index is 1.20. The van der Waals surface area contributed by atoms with Gasteiger partial charge in [0.1, 0.15) is 22.5 Å². The third-order valence-electron chi connectivity index (χ3n) is 7.27. The van der Waals surface area contributed by atoms with E-state index in [2.05, 4.69) is 42.0 Å². The molecule has 3 aliphatic rings. The Hall–Kier alpha value is -2.69. The van der Waals surface area contributed by atoms with Gasteiger partial charge in [-0.05, 0) is 31.4 Å². The molecule has 0 bridgehead atoms. The van der Waals surface area contributed by atoms with Crippen LogP contribution in [0.2, 0.25) is 10.3 Å². The Morgan fingerprint density at radius 2 is 1.97 bits per heavy atom. The summed E-state index contributed by atoms with van der Waals surface area (Å²) in [6, 6.07) is 4.06. The second-order valence-corrected chi connectivity index (χ2v) is 10.1. The lowest BCUT2D eigenvalue weighted by Gasteiger charge is -2.47. The van der Waals surface area contributed by atoms with Gasteiger partial charge in [0.15, 0.2) is 11.0 Å². The van der Waals surface area contributed by atoms with Gasteiger partial charge in [0.25, 0.3) is 5.91 Å². The molecule has 36 heavy (non-hydrogen) atoms. The Morgan fingerprint density at radius 3 is 2.64 bits per heavy atom. The number of nitrogen functional groups attached to an aromatic ring is 1. The molecular formula is C24H31Cl2N9O. The van der Waals surface area contributed by atoms with E-state index >= 15 is 0 Å². The standard InChI is InChI=1S/C24H31Cl2N9O/c1-2-15-14-34(23-20(26)31-18(13-30-23)22-28-7-8-29-22)11-12-35(15)16-5-9-33(10-6-16)24(36)17-3-4-19(25)32-21(17)27/h3-4,13,15-16H,2,5-12,14H2,1H3,(H2,27,32)(H,28,29). The number of nitrogens with zero attached hydrogens (tertiary/aromatic N) is 7. The van der Waals surface area contributed by atoms with Crippen molar-refractivity contribution in [3.05, 3.63) is 39.9 Å². The number of nitrogens with two attached hydrogens (primary N) is 1. The number of carbonyl (C=O) groups is 1. The summed E-state index contributed by atoms with van der Waals surface area (Å²) < 4.78 is 0. The predicted molar refractivity (Wildman–Crippen MR) is 142 cm³/mol. The summed E-state index contributed by atoms with van der Waals surface area (Å²) in [5, 5.41) is 3.91. The van der Waals surface area contributed by atoms with E-state index in [1.165, 1.54) is 0 Å². The van der Waals surface area contributed by atoms with Crippen molar-refractivity contribution in [2.24, 2.45) is 4.99 Å². The summed E-state index contributed by atoms with van der Waals surface area (Å²) in [5.74, 6) is 1.58. The summed E-state index contributed by atoms with van der Waals surface area (Å²) in [6.45, 7) is 7.75. The topological polar surface area (TPSA) is 116 Å². The fourth-order valence-corrected chi connectivity index (χ4v) is 5.78. The van der Waals surface area contributed by atoms with Crippen LogP contribution >= 0.6 is 23.2 Å². The van der Waals surface area contributed by atoms with E-state index in [1.54, 1.807) is 18.3 Å². The van der Waals surface area contributed by atoms with Gasteiger partial charge in [-0.1, -0.05) is 30.1 Å². The van der Waals surface area contributed by atoms with Crippen LogP contribution in [-0.4, -0.2) is 94.4 Å². The van der Waals surface area contributed by atoms with Crippen molar-refractivity contribution in [3.8, 4) is 0 Å². The molecule has 12 heteroatoms. The Labute approximate surface area is 220 Å². The first-order valence-corrected chi connectivity index (χ1v) is 13.2. The van der Waals surface area contributed by atoms with E-state index in [9.17, 15) is 4.79 Å². The van der Waals surface area contributed by atoms with Gasteiger partial charge in [0.05, 0.1) is 18.3 Å². The van der Waals surface area contributed by atoms with Gasteiger partial charge in [-0.25, -0.2) is 15.0 Å². The number of anilines is 2. The van der Waals surface area contributed by atoms with Crippen molar-refractivity contribution >= 4 is 46.6 Å². The van der Waals surface area contributed by atoms with Crippen molar-refractivity contribution in [2.75, 3.05) is 56.4 Å². The molecule has 1 amide bonds. The number of nitrogens with one attached hydrogen (secondary N) is 1. The normalized spacial score (nSPS) is 21.4. The maximum absolute atomic E-state index is 13.0. The summed E-state index contributed by atoms with van der Waals surface area (Å²) in [6.07, 6.45) is 4.62. The van der Waals surface area contributed by atoms with Crippen molar-refractivity contribution in [2.45, 2.75) is 38.3 Å². The molecule has 192 valence electrons. The second kappa shape index (κ2) is 10.7. The first-order chi connectivity index (χ1) is 17.4. The number of pyridine rings is 1. The minimum atomic E-state index is -0.0811. The third kappa shape index (κ3) is 5.07. The van der Waals surface area contributed by atoms with Crippen molar-refractivity contribution in [1.82, 2.24) is 30.1 Å². The van der Waals surface area contributed by atoms with E-state index in [4.69, 9.17) is 28.9 Å². The van der Waals surface area contributed by atoms with Crippen LogP contribution in [0.3, 0.4) is 0 Å². The van der Waals surface area contributed by atoms with Crippen molar-refractivity contribution < 1.29 is 4.79 Å². The lowest BCUT2D eigenvalue weighted by Crippen LogP contribution is -2.58. The highest BCUT2D eigenvalue weighted by atomic mass is 35.5.